The summed E-state index contributed by atoms with van der Waals surface area (Å²) in [5.74, 6) is 0. The zero-order chi connectivity index (χ0) is 18.3. The highest BCUT2D eigenvalue weighted by molar-refractivity contribution is 7.89. The average Bonchev–Trinajstić information content (AvgIpc) is 2.61. The van der Waals surface area contributed by atoms with Crippen LogP contribution >= 0.6 is 0 Å². The molecule has 0 fully saturated rings. The van der Waals surface area contributed by atoms with Gasteiger partial charge in [0.2, 0.25) is 10.0 Å². The van der Waals surface area contributed by atoms with Crippen LogP contribution in [0.15, 0.2) is 59.5 Å². The van der Waals surface area contributed by atoms with E-state index >= 15 is 0 Å². The van der Waals surface area contributed by atoms with Crippen molar-refractivity contribution >= 4 is 15.7 Å². The molecule has 8 nitrogen and oxygen atoms in total. The first kappa shape index (κ1) is 19.0. The summed E-state index contributed by atoms with van der Waals surface area (Å²) in [5, 5.41) is 20.4. The van der Waals surface area contributed by atoms with E-state index in [9.17, 15) is 23.6 Å². The fourth-order valence-electron chi connectivity index (χ4n) is 2.14. The average molecular weight is 366 g/mol. The number of sulfonamides is 1. The molecule has 0 spiro atoms. The molecule has 2 aromatic carbocycles. The van der Waals surface area contributed by atoms with Gasteiger partial charge in [0, 0.05) is 6.07 Å². The van der Waals surface area contributed by atoms with Gasteiger partial charge in [0.1, 0.15) is 0 Å². The molecule has 2 N–H and O–H groups in total. The van der Waals surface area contributed by atoms with E-state index in [-0.39, 0.29) is 13.2 Å². The predicted molar refractivity (Wildman–Crippen MR) is 90.4 cm³/mol. The van der Waals surface area contributed by atoms with Crippen molar-refractivity contribution in [2.75, 3.05) is 13.2 Å². The van der Waals surface area contributed by atoms with Gasteiger partial charge < -0.3 is 9.84 Å². The minimum absolute atomic E-state index is 0.0781. The summed E-state index contributed by atoms with van der Waals surface area (Å²) in [5.41, 5.74) is 0.373. The van der Waals surface area contributed by atoms with Crippen molar-refractivity contribution in [1.82, 2.24) is 4.72 Å². The maximum absolute atomic E-state index is 12.4. The molecule has 0 saturated carbocycles. The van der Waals surface area contributed by atoms with Crippen LogP contribution in [0.5, 0.6) is 0 Å². The quantitative estimate of drug-likeness (QED) is 0.512. The third-order valence-corrected chi connectivity index (χ3v) is 4.89. The largest absolute Gasteiger partial charge is 0.395 e. The monoisotopic (exact) mass is 366 g/mol. The van der Waals surface area contributed by atoms with E-state index in [1.54, 1.807) is 0 Å². The van der Waals surface area contributed by atoms with E-state index in [1.165, 1.54) is 12.1 Å². The Bertz CT molecular complexity index is 810. The minimum atomic E-state index is -4.17. The van der Waals surface area contributed by atoms with Crippen LogP contribution in [0, 0.1) is 10.1 Å². The van der Waals surface area contributed by atoms with Gasteiger partial charge in [-0.15, -0.1) is 0 Å². The molecule has 134 valence electrons. The highest BCUT2D eigenvalue weighted by Gasteiger charge is 2.27. The molecule has 1 unspecified atom stereocenters. The number of hydrogen-bond donors (Lipinski definition) is 2. The molecule has 0 aromatic heterocycles. The Balaban J connectivity index is 2.03. The van der Waals surface area contributed by atoms with Crippen LogP contribution < -0.4 is 4.72 Å². The van der Waals surface area contributed by atoms with Crippen molar-refractivity contribution in [3.63, 3.8) is 0 Å². The Kier molecular flexibility index (Phi) is 6.59. The van der Waals surface area contributed by atoms with Crippen molar-refractivity contribution in [2.24, 2.45) is 0 Å². The molecular formula is C16H18N2O6S. The predicted octanol–water partition coefficient (Wildman–Crippen LogP) is 1.45. The SMILES string of the molecule is O=[N+]([O-])c1ccccc1S(=O)(=O)NC(CO)COCc1ccccc1. The number of hydrogen-bond acceptors (Lipinski definition) is 6. The molecular weight excluding hydrogens is 348 g/mol. The molecule has 2 aromatic rings. The number of nitro benzene ring substituents is 1. The lowest BCUT2D eigenvalue weighted by atomic mass is 10.2. The molecule has 0 saturated heterocycles. The number of para-hydroxylation sites is 1. The standard InChI is InChI=1S/C16H18N2O6S/c19-10-14(12-24-11-13-6-2-1-3-7-13)17-25(22,23)16-9-5-4-8-15(16)18(20)21/h1-9,14,17,19H,10-12H2. The van der Waals surface area contributed by atoms with Gasteiger partial charge in [0.25, 0.3) is 5.69 Å². The van der Waals surface area contributed by atoms with Gasteiger partial charge >= 0.3 is 0 Å². The van der Waals surface area contributed by atoms with Gasteiger partial charge in [-0.1, -0.05) is 42.5 Å². The first-order valence-electron chi connectivity index (χ1n) is 7.42. The van der Waals surface area contributed by atoms with Gasteiger partial charge in [-0.3, -0.25) is 10.1 Å². The molecule has 0 aliphatic heterocycles. The van der Waals surface area contributed by atoms with E-state index in [0.29, 0.717) is 0 Å². The molecule has 1 atom stereocenters. The molecule has 25 heavy (non-hydrogen) atoms. The van der Waals surface area contributed by atoms with Crippen LogP contribution in [-0.4, -0.2) is 37.7 Å². The number of aliphatic hydroxyl groups excluding tert-OH is 1. The first-order valence-corrected chi connectivity index (χ1v) is 8.90. The molecule has 9 heteroatoms. The van der Waals surface area contributed by atoms with Crippen LogP contribution in [0.2, 0.25) is 0 Å². The number of benzene rings is 2. The summed E-state index contributed by atoms with van der Waals surface area (Å²) in [4.78, 5) is 9.77. The number of aliphatic hydroxyl groups is 1. The summed E-state index contributed by atoms with van der Waals surface area (Å²) in [6, 6.07) is 13.4. The van der Waals surface area contributed by atoms with Crippen molar-refractivity contribution in [2.45, 2.75) is 17.5 Å². The smallest absolute Gasteiger partial charge is 0.289 e. The van der Waals surface area contributed by atoms with Crippen molar-refractivity contribution in [3.05, 3.63) is 70.3 Å². The first-order chi connectivity index (χ1) is 11.9. The number of nitrogens with zero attached hydrogens (tertiary/aromatic N) is 1. The highest BCUT2D eigenvalue weighted by Crippen LogP contribution is 2.22. The van der Waals surface area contributed by atoms with Gasteiger partial charge in [-0.2, -0.15) is 0 Å². The van der Waals surface area contributed by atoms with Crippen LogP contribution in [0.4, 0.5) is 5.69 Å². The summed E-state index contributed by atoms with van der Waals surface area (Å²) < 4.78 is 32.4. The van der Waals surface area contributed by atoms with E-state index in [0.717, 1.165) is 17.7 Å². The molecule has 0 heterocycles. The van der Waals surface area contributed by atoms with Crippen LogP contribution in [-0.2, 0) is 21.4 Å². The molecule has 2 rings (SSSR count). The van der Waals surface area contributed by atoms with Crippen molar-refractivity contribution in [3.8, 4) is 0 Å². The van der Waals surface area contributed by atoms with E-state index in [4.69, 9.17) is 4.74 Å². The second-order valence-corrected chi connectivity index (χ2v) is 6.91. The van der Waals surface area contributed by atoms with E-state index < -0.39 is 38.2 Å². The van der Waals surface area contributed by atoms with Crippen LogP contribution in [0.3, 0.4) is 0 Å². The van der Waals surface area contributed by atoms with Crippen LogP contribution in [0.1, 0.15) is 5.56 Å². The second-order valence-electron chi connectivity index (χ2n) is 5.23. The topological polar surface area (TPSA) is 119 Å². The third-order valence-electron chi connectivity index (χ3n) is 3.32. The van der Waals surface area contributed by atoms with Crippen LogP contribution in [0.25, 0.3) is 0 Å². The van der Waals surface area contributed by atoms with Gasteiger partial charge in [-0.25, -0.2) is 13.1 Å². The Morgan fingerprint density at radius 2 is 1.76 bits per heavy atom. The maximum Gasteiger partial charge on any atom is 0.289 e. The third kappa shape index (κ3) is 5.33. The number of ether oxygens (including phenoxy) is 1. The summed E-state index contributed by atoms with van der Waals surface area (Å²) in [6.45, 7) is -0.329. The molecule has 0 aliphatic carbocycles. The van der Waals surface area contributed by atoms with Crippen molar-refractivity contribution < 1.29 is 23.2 Å². The lowest BCUT2D eigenvalue weighted by Gasteiger charge is -2.16. The van der Waals surface area contributed by atoms with Gasteiger partial charge in [-0.05, 0) is 11.6 Å². The zero-order valence-corrected chi connectivity index (χ0v) is 14.1. The van der Waals surface area contributed by atoms with Gasteiger partial charge in [0.05, 0.1) is 30.8 Å². The summed E-state index contributed by atoms with van der Waals surface area (Å²) >= 11 is 0. The number of rotatable bonds is 9. The highest BCUT2D eigenvalue weighted by atomic mass is 32.2. The number of nitrogens with one attached hydrogen (secondary N) is 1. The molecule has 0 radical (unpaired) electrons. The molecule has 0 aliphatic rings. The zero-order valence-electron chi connectivity index (χ0n) is 13.2. The molecule has 0 amide bonds. The van der Waals surface area contributed by atoms with E-state index in [1.807, 2.05) is 30.3 Å². The molecule has 0 bridgehead atoms. The fraction of sp³-hybridized carbons (Fsp3) is 0.250. The Hall–Kier alpha value is -2.33. The Morgan fingerprint density at radius 1 is 1.12 bits per heavy atom. The van der Waals surface area contributed by atoms with E-state index in [2.05, 4.69) is 4.72 Å². The lowest BCUT2D eigenvalue weighted by molar-refractivity contribution is -0.387. The lowest BCUT2D eigenvalue weighted by Crippen LogP contribution is -2.40. The Morgan fingerprint density at radius 3 is 2.40 bits per heavy atom. The number of nitro groups is 1. The van der Waals surface area contributed by atoms with Gasteiger partial charge in [0.15, 0.2) is 4.90 Å². The summed E-state index contributed by atoms with van der Waals surface area (Å²) in [6.07, 6.45) is 0. The minimum Gasteiger partial charge on any atom is -0.395 e. The van der Waals surface area contributed by atoms with Crippen molar-refractivity contribution in [1.29, 1.82) is 0 Å². The Labute approximate surface area is 145 Å². The second kappa shape index (κ2) is 8.67. The summed E-state index contributed by atoms with van der Waals surface area (Å²) in [7, 11) is -4.17. The normalized spacial score (nSPS) is 12.7. The fourth-order valence-corrected chi connectivity index (χ4v) is 3.52. The maximum atomic E-state index is 12.4.